The minimum absolute atomic E-state index is 0.0667. The SMILES string of the molecule is C=C(C)OC[C@]12CC[C@@H](C(=C)COC(C)=O)C1C1CCC3[C@@]4(C)CC[C@H](O)[C@@](C)(CO)[C@@H]4CC[C@@]3(C)[C@]1(C)CC2. The van der Waals surface area contributed by atoms with Gasteiger partial charge in [-0.1, -0.05) is 40.9 Å². The van der Waals surface area contributed by atoms with Crippen molar-refractivity contribution in [3.63, 3.8) is 0 Å². The molecule has 0 spiro atoms. The summed E-state index contributed by atoms with van der Waals surface area (Å²) in [5, 5.41) is 21.6. The highest BCUT2D eigenvalue weighted by Crippen LogP contribution is 2.77. The lowest BCUT2D eigenvalue weighted by molar-refractivity contribution is -0.255. The highest BCUT2D eigenvalue weighted by molar-refractivity contribution is 5.66. The van der Waals surface area contributed by atoms with Crippen LogP contribution in [0.1, 0.15) is 106 Å². The summed E-state index contributed by atoms with van der Waals surface area (Å²) in [6.07, 6.45) is 10.7. The van der Waals surface area contributed by atoms with Crippen molar-refractivity contribution in [3.05, 3.63) is 24.5 Å². The van der Waals surface area contributed by atoms with Gasteiger partial charge in [0, 0.05) is 17.8 Å². The minimum Gasteiger partial charge on any atom is -0.498 e. The van der Waals surface area contributed by atoms with Crippen molar-refractivity contribution in [3.8, 4) is 0 Å². The number of hydrogen-bond acceptors (Lipinski definition) is 5. The van der Waals surface area contributed by atoms with E-state index in [0.29, 0.717) is 36.2 Å². The van der Waals surface area contributed by atoms with Gasteiger partial charge in [0.25, 0.3) is 0 Å². The Bertz CT molecular complexity index is 1040. The molecule has 5 fully saturated rings. The molecule has 3 unspecified atom stereocenters. The van der Waals surface area contributed by atoms with Crippen molar-refractivity contribution in [1.29, 1.82) is 0 Å². The number of carbonyl (C=O) groups excluding carboxylic acids is 1. The average Bonchev–Trinajstić information content (AvgIpc) is 3.29. The van der Waals surface area contributed by atoms with Crippen molar-refractivity contribution in [1.82, 2.24) is 0 Å². The second kappa shape index (κ2) is 10.1. The van der Waals surface area contributed by atoms with Crippen LogP contribution in [0.25, 0.3) is 0 Å². The number of aliphatic hydroxyl groups excluding tert-OH is 2. The van der Waals surface area contributed by atoms with E-state index in [-0.39, 0.29) is 34.2 Å². The van der Waals surface area contributed by atoms with Crippen molar-refractivity contribution < 1.29 is 24.5 Å². The molecule has 5 saturated carbocycles. The molecule has 0 aromatic carbocycles. The van der Waals surface area contributed by atoms with Crippen LogP contribution >= 0.6 is 0 Å². The molecule has 0 radical (unpaired) electrons. The Morgan fingerprint density at radius 2 is 1.57 bits per heavy atom. The fraction of sp³-hybridized carbons (Fsp3) is 0.857. The van der Waals surface area contributed by atoms with Gasteiger partial charge in [0.1, 0.15) is 6.61 Å². The predicted octanol–water partition coefficient (Wildman–Crippen LogP) is 7.07. The molecular weight excluding hydrogens is 500 g/mol. The molecule has 5 rings (SSSR count). The lowest BCUT2D eigenvalue weighted by atomic mass is 9.32. The van der Waals surface area contributed by atoms with Gasteiger partial charge in [-0.3, -0.25) is 4.79 Å². The Kier molecular flexibility index (Phi) is 7.64. The van der Waals surface area contributed by atoms with E-state index in [0.717, 1.165) is 62.9 Å². The molecule has 226 valence electrons. The van der Waals surface area contributed by atoms with Crippen LogP contribution in [0.3, 0.4) is 0 Å². The van der Waals surface area contributed by atoms with E-state index in [1.165, 1.54) is 26.2 Å². The molecule has 5 heteroatoms. The van der Waals surface area contributed by atoms with Crippen LogP contribution < -0.4 is 0 Å². The zero-order valence-corrected chi connectivity index (χ0v) is 26.2. The van der Waals surface area contributed by atoms with E-state index in [4.69, 9.17) is 9.47 Å². The van der Waals surface area contributed by atoms with Crippen LogP contribution in [0, 0.1) is 56.7 Å². The lowest BCUT2D eigenvalue weighted by Gasteiger charge is -2.73. The molecule has 5 nitrogen and oxygen atoms in total. The quantitative estimate of drug-likeness (QED) is 0.199. The van der Waals surface area contributed by atoms with E-state index < -0.39 is 11.5 Å². The molecular formula is C35H56O5. The number of ether oxygens (including phenoxy) is 2. The summed E-state index contributed by atoms with van der Waals surface area (Å²) in [5.41, 5.74) is 1.29. The Morgan fingerprint density at radius 3 is 2.23 bits per heavy atom. The molecule has 0 amide bonds. The number of aliphatic hydroxyl groups is 2. The van der Waals surface area contributed by atoms with Gasteiger partial charge in [-0.15, -0.1) is 0 Å². The molecule has 2 N–H and O–H groups in total. The summed E-state index contributed by atoms with van der Waals surface area (Å²) in [5.74, 6) is 2.85. The van der Waals surface area contributed by atoms with Crippen LogP contribution in [-0.2, 0) is 14.3 Å². The fourth-order valence-corrected chi connectivity index (χ4v) is 12.0. The first kappa shape index (κ1) is 30.1. The summed E-state index contributed by atoms with van der Waals surface area (Å²) in [7, 11) is 0. The van der Waals surface area contributed by atoms with E-state index in [2.05, 4.69) is 40.9 Å². The summed E-state index contributed by atoms with van der Waals surface area (Å²) in [6.45, 7) is 23.0. The second-order valence-electron chi connectivity index (χ2n) is 15.8. The average molecular weight is 557 g/mol. The smallest absolute Gasteiger partial charge is 0.302 e. The van der Waals surface area contributed by atoms with Gasteiger partial charge >= 0.3 is 5.97 Å². The predicted molar refractivity (Wildman–Crippen MR) is 158 cm³/mol. The van der Waals surface area contributed by atoms with Gasteiger partial charge in [-0.2, -0.15) is 0 Å². The first-order valence-electron chi connectivity index (χ1n) is 16.1. The van der Waals surface area contributed by atoms with Crippen LogP contribution in [0.2, 0.25) is 0 Å². The maximum Gasteiger partial charge on any atom is 0.302 e. The van der Waals surface area contributed by atoms with Gasteiger partial charge in [-0.05, 0) is 123 Å². The van der Waals surface area contributed by atoms with Gasteiger partial charge in [0.05, 0.1) is 25.1 Å². The molecule has 5 aliphatic rings. The highest BCUT2D eigenvalue weighted by atomic mass is 16.5. The van der Waals surface area contributed by atoms with Crippen LogP contribution in [0.15, 0.2) is 24.5 Å². The highest BCUT2D eigenvalue weighted by Gasteiger charge is 2.71. The maximum absolute atomic E-state index is 11.7. The summed E-state index contributed by atoms with van der Waals surface area (Å²) in [6, 6.07) is 0. The fourth-order valence-electron chi connectivity index (χ4n) is 12.0. The first-order valence-corrected chi connectivity index (χ1v) is 16.1. The van der Waals surface area contributed by atoms with Crippen LogP contribution in [0.5, 0.6) is 0 Å². The summed E-state index contributed by atoms with van der Waals surface area (Å²) < 4.78 is 11.7. The lowest BCUT2D eigenvalue weighted by Crippen LogP contribution is -2.67. The molecule has 0 aliphatic heterocycles. The Balaban J connectivity index is 1.51. The molecule has 5 aliphatic carbocycles. The second-order valence-corrected chi connectivity index (χ2v) is 15.8. The maximum atomic E-state index is 11.7. The van der Waals surface area contributed by atoms with E-state index in [1.54, 1.807) is 0 Å². The van der Waals surface area contributed by atoms with Crippen molar-refractivity contribution in [2.45, 2.75) is 112 Å². The first-order chi connectivity index (χ1) is 18.7. The molecule has 0 bridgehead atoms. The number of fused-ring (bicyclic) bond motifs is 7. The summed E-state index contributed by atoms with van der Waals surface area (Å²) >= 11 is 0. The molecule has 0 saturated heterocycles. The van der Waals surface area contributed by atoms with E-state index >= 15 is 0 Å². The third-order valence-electron chi connectivity index (χ3n) is 14.3. The van der Waals surface area contributed by atoms with E-state index in [9.17, 15) is 15.0 Å². The standard InChI is InChI=1S/C35H56O5/c1-22(2)40-21-35-16-11-25(23(3)19-39-24(4)37)30(35)26-9-10-28-31(5)14-13-29(38)32(6,20-36)27(31)12-15-34(28,8)33(26,7)17-18-35/h25-30,36,38H,1,3,9-21H2,2,4-8H3/t25-,26?,27+,28?,29-,30?,31-,32-,33+,34+,35+/m0/s1. The molecule has 0 aromatic heterocycles. The number of carbonyl (C=O) groups is 1. The molecule has 40 heavy (non-hydrogen) atoms. The Labute approximate surface area is 243 Å². The Morgan fingerprint density at radius 1 is 0.850 bits per heavy atom. The largest absolute Gasteiger partial charge is 0.498 e. The normalized spacial score (nSPS) is 49.6. The third-order valence-corrected chi connectivity index (χ3v) is 14.3. The zero-order chi connectivity index (χ0) is 29.3. The molecule has 11 atom stereocenters. The molecule has 0 heterocycles. The molecule has 0 aromatic rings. The minimum atomic E-state index is -0.419. The topological polar surface area (TPSA) is 76.0 Å². The van der Waals surface area contributed by atoms with Crippen molar-refractivity contribution in [2.75, 3.05) is 19.8 Å². The van der Waals surface area contributed by atoms with Crippen LogP contribution in [0.4, 0.5) is 0 Å². The summed E-state index contributed by atoms with van der Waals surface area (Å²) in [4.78, 5) is 11.7. The Hall–Kier alpha value is -1.33. The zero-order valence-electron chi connectivity index (χ0n) is 26.2. The van der Waals surface area contributed by atoms with Gasteiger partial charge in [0.15, 0.2) is 0 Å². The number of rotatable bonds is 7. The van der Waals surface area contributed by atoms with E-state index in [1.807, 2.05) is 6.92 Å². The van der Waals surface area contributed by atoms with Gasteiger partial charge in [0.2, 0.25) is 0 Å². The monoisotopic (exact) mass is 556 g/mol. The number of esters is 1. The van der Waals surface area contributed by atoms with Gasteiger partial charge < -0.3 is 19.7 Å². The number of allylic oxidation sites excluding steroid dienone is 1. The van der Waals surface area contributed by atoms with Crippen molar-refractivity contribution >= 4 is 5.97 Å². The van der Waals surface area contributed by atoms with Gasteiger partial charge in [-0.25, -0.2) is 0 Å². The van der Waals surface area contributed by atoms with Crippen LogP contribution in [-0.4, -0.2) is 42.1 Å². The third kappa shape index (κ3) is 4.18. The number of hydrogen-bond donors (Lipinski definition) is 2. The van der Waals surface area contributed by atoms with Crippen molar-refractivity contribution in [2.24, 2.45) is 56.7 Å².